The molecule has 0 saturated carbocycles. The zero-order valence-electron chi connectivity index (χ0n) is 15.7. The number of pyridine rings is 1. The summed E-state index contributed by atoms with van der Waals surface area (Å²) in [4.78, 5) is 39.2. The first-order valence-corrected chi connectivity index (χ1v) is 8.95. The normalized spacial score (nSPS) is 18.0. The Balaban J connectivity index is 1.95. The number of nitrogens with two attached hydrogens (primary N) is 1. The molecule has 1 heterocycles. The molecule has 2 aromatic rings. The fraction of sp³-hybridized carbons (Fsp3) is 0.350. The van der Waals surface area contributed by atoms with Crippen LogP contribution in [0.1, 0.15) is 53.0 Å². The first-order valence-electron chi connectivity index (χ1n) is 8.95. The van der Waals surface area contributed by atoms with Crippen molar-refractivity contribution in [3.8, 4) is 0 Å². The lowest BCUT2D eigenvalue weighted by molar-refractivity contribution is -0.144. The second-order valence-electron chi connectivity index (χ2n) is 6.95. The number of amides is 2. The van der Waals surface area contributed by atoms with Crippen LogP contribution in [0.2, 0.25) is 0 Å². The second-order valence-corrected chi connectivity index (χ2v) is 6.95. The number of ether oxygens (including phenoxy) is 1. The maximum Gasteiger partial charge on any atom is 0.261 e. The van der Waals surface area contributed by atoms with Gasteiger partial charge in [-0.15, -0.1) is 0 Å². The molecule has 3 rings (SSSR count). The smallest absolute Gasteiger partial charge is 0.261 e. The van der Waals surface area contributed by atoms with Crippen LogP contribution in [-0.2, 0) is 21.6 Å². The van der Waals surface area contributed by atoms with E-state index in [2.05, 4.69) is 10.3 Å². The van der Waals surface area contributed by atoms with Gasteiger partial charge in [0.25, 0.3) is 17.4 Å². The lowest BCUT2D eigenvalue weighted by atomic mass is 9.88. The molecule has 4 N–H and O–H groups in total. The van der Waals surface area contributed by atoms with Gasteiger partial charge in [-0.05, 0) is 43.9 Å². The number of benzene rings is 1. The van der Waals surface area contributed by atoms with Crippen molar-refractivity contribution >= 4 is 11.8 Å². The van der Waals surface area contributed by atoms with Crippen LogP contribution in [-0.4, -0.2) is 23.9 Å². The average molecular weight is 387 g/mol. The second kappa shape index (κ2) is 7.55. The van der Waals surface area contributed by atoms with E-state index in [9.17, 15) is 18.8 Å². The lowest BCUT2D eigenvalue weighted by Gasteiger charge is -2.32. The van der Waals surface area contributed by atoms with Gasteiger partial charge in [0.15, 0.2) is 5.60 Å². The number of primary amides is 1. The van der Waals surface area contributed by atoms with Crippen molar-refractivity contribution in [2.45, 2.75) is 37.8 Å². The van der Waals surface area contributed by atoms with Crippen LogP contribution in [0.5, 0.6) is 0 Å². The van der Waals surface area contributed by atoms with Crippen LogP contribution in [0.4, 0.5) is 4.39 Å². The standard InChI is InChI=1S/C20H22FN3O4/c1-20(28-2,13-6-3-4-7-14(13)21)19(27)24-16-9-5-8-15-11(16)10-12(17(22)25)18(26)23-15/h3-4,6-7,10,16H,5,8-9H2,1-2H3,(H2,22,25)(H,23,26)(H,24,27)/t16-,20-/m1/s1. The minimum atomic E-state index is -1.54. The van der Waals surface area contributed by atoms with Gasteiger partial charge in [0, 0.05) is 18.4 Å². The lowest BCUT2D eigenvalue weighted by Crippen LogP contribution is -2.46. The van der Waals surface area contributed by atoms with Gasteiger partial charge in [-0.3, -0.25) is 14.4 Å². The zero-order valence-corrected chi connectivity index (χ0v) is 15.7. The van der Waals surface area contributed by atoms with Gasteiger partial charge in [0.2, 0.25) is 0 Å². The number of aromatic nitrogens is 1. The Bertz CT molecular complexity index is 988. The number of aromatic amines is 1. The minimum absolute atomic E-state index is 0.116. The number of nitrogens with one attached hydrogen (secondary N) is 2. The van der Waals surface area contributed by atoms with Gasteiger partial charge in [-0.25, -0.2) is 4.39 Å². The molecule has 2 atom stereocenters. The summed E-state index contributed by atoms with van der Waals surface area (Å²) in [6.45, 7) is 1.49. The van der Waals surface area contributed by atoms with E-state index >= 15 is 0 Å². The quantitative estimate of drug-likeness (QED) is 0.724. The Morgan fingerprint density at radius 2 is 2.07 bits per heavy atom. The molecule has 1 aliphatic rings. The summed E-state index contributed by atoms with van der Waals surface area (Å²) < 4.78 is 19.7. The molecule has 7 nitrogen and oxygen atoms in total. The van der Waals surface area contributed by atoms with Crippen LogP contribution in [0.15, 0.2) is 35.1 Å². The van der Waals surface area contributed by atoms with Gasteiger partial charge in [0.1, 0.15) is 11.4 Å². The largest absolute Gasteiger partial charge is 0.365 e. The number of aryl methyl sites for hydroxylation is 1. The number of carbonyl (C=O) groups is 2. The molecule has 148 valence electrons. The molecule has 8 heteroatoms. The van der Waals surface area contributed by atoms with Crippen LogP contribution in [0.25, 0.3) is 0 Å². The SMILES string of the molecule is CO[C@@](C)(C(=O)N[C@@H]1CCCc2[nH]c(=O)c(C(N)=O)cc21)c1ccccc1F. The van der Waals surface area contributed by atoms with Gasteiger partial charge in [0.05, 0.1) is 6.04 Å². The van der Waals surface area contributed by atoms with Crippen molar-refractivity contribution in [2.75, 3.05) is 7.11 Å². The van der Waals surface area contributed by atoms with Crippen molar-refractivity contribution in [1.29, 1.82) is 0 Å². The number of hydrogen-bond donors (Lipinski definition) is 3. The first kappa shape index (κ1) is 19.8. The Labute approximate surface area is 161 Å². The van der Waals surface area contributed by atoms with E-state index in [1.807, 2.05) is 0 Å². The van der Waals surface area contributed by atoms with Crippen LogP contribution < -0.4 is 16.6 Å². The minimum Gasteiger partial charge on any atom is -0.365 e. The molecule has 1 aliphatic carbocycles. The molecule has 28 heavy (non-hydrogen) atoms. The number of methoxy groups -OCH3 is 1. The third kappa shape index (κ3) is 3.43. The monoisotopic (exact) mass is 387 g/mol. The molecule has 1 aromatic heterocycles. The third-order valence-electron chi connectivity index (χ3n) is 5.25. The highest BCUT2D eigenvalue weighted by Crippen LogP contribution is 2.32. The Morgan fingerprint density at radius 3 is 2.71 bits per heavy atom. The molecule has 0 fully saturated rings. The molecule has 0 spiro atoms. The van der Waals surface area contributed by atoms with E-state index in [1.54, 1.807) is 6.07 Å². The number of H-pyrrole nitrogens is 1. The van der Waals surface area contributed by atoms with Gasteiger partial charge in [-0.2, -0.15) is 0 Å². The van der Waals surface area contributed by atoms with E-state index in [0.29, 0.717) is 24.1 Å². The maximum atomic E-state index is 14.3. The summed E-state index contributed by atoms with van der Waals surface area (Å²) in [5.74, 6) is -1.91. The Morgan fingerprint density at radius 1 is 1.36 bits per heavy atom. The molecule has 0 aliphatic heterocycles. The predicted molar refractivity (Wildman–Crippen MR) is 100 cm³/mol. The van der Waals surface area contributed by atoms with E-state index < -0.39 is 34.8 Å². The number of rotatable bonds is 5. The van der Waals surface area contributed by atoms with Gasteiger partial charge in [-0.1, -0.05) is 18.2 Å². The summed E-state index contributed by atoms with van der Waals surface area (Å²) in [6.07, 6.45) is 1.94. The van der Waals surface area contributed by atoms with Crippen LogP contribution in [0.3, 0.4) is 0 Å². The van der Waals surface area contributed by atoms with Crippen molar-refractivity contribution < 1.29 is 18.7 Å². The van der Waals surface area contributed by atoms with Crippen molar-refractivity contribution in [3.63, 3.8) is 0 Å². The van der Waals surface area contributed by atoms with Gasteiger partial charge >= 0.3 is 0 Å². The van der Waals surface area contributed by atoms with E-state index in [4.69, 9.17) is 10.5 Å². The summed E-state index contributed by atoms with van der Waals surface area (Å²) in [5.41, 5.74) is 4.40. The highest BCUT2D eigenvalue weighted by molar-refractivity contribution is 5.92. The summed E-state index contributed by atoms with van der Waals surface area (Å²) in [7, 11) is 1.34. The van der Waals surface area contributed by atoms with Gasteiger partial charge < -0.3 is 20.8 Å². The fourth-order valence-electron chi connectivity index (χ4n) is 3.54. The topological polar surface area (TPSA) is 114 Å². The number of hydrogen-bond acceptors (Lipinski definition) is 4. The molecule has 0 radical (unpaired) electrons. The molecular formula is C20H22FN3O4. The summed E-state index contributed by atoms with van der Waals surface area (Å²) >= 11 is 0. The van der Waals surface area contributed by atoms with Crippen LogP contribution in [0, 0.1) is 5.82 Å². The number of fused-ring (bicyclic) bond motifs is 1. The predicted octanol–water partition coefficient (Wildman–Crippen LogP) is 1.67. The van der Waals surface area contributed by atoms with Crippen molar-refractivity contribution in [2.24, 2.45) is 5.73 Å². The molecule has 0 saturated heterocycles. The average Bonchev–Trinajstić information content (AvgIpc) is 2.67. The van der Waals surface area contributed by atoms with E-state index in [-0.39, 0.29) is 11.1 Å². The van der Waals surface area contributed by atoms with E-state index in [1.165, 1.54) is 38.3 Å². The molecular weight excluding hydrogens is 365 g/mol. The first-order chi connectivity index (χ1) is 13.3. The van der Waals surface area contributed by atoms with Crippen LogP contribution >= 0.6 is 0 Å². The Hall–Kier alpha value is -3.00. The Kier molecular flexibility index (Phi) is 5.33. The highest BCUT2D eigenvalue weighted by Gasteiger charge is 2.39. The fourth-order valence-corrected chi connectivity index (χ4v) is 3.54. The van der Waals surface area contributed by atoms with E-state index in [0.717, 1.165) is 6.42 Å². The van der Waals surface area contributed by atoms with Crippen molar-refractivity contribution in [3.05, 3.63) is 68.9 Å². The molecule has 0 unspecified atom stereocenters. The highest BCUT2D eigenvalue weighted by atomic mass is 19.1. The van der Waals surface area contributed by atoms with Crippen molar-refractivity contribution in [1.82, 2.24) is 10.3 Å². The number of carbonyl (C=O) groups excluding carboxylic acids is 2. The summed E-state index contributed by atoms with van der Waals surface area (Å²) in [6, 6.07) is 6.88. The summed E-state index contributed by atoms with van der Waals surface area (Å²) in [5, 5.41) is 2.87. The molecule has 0 bridgehead atoms. The zero-order chi connectivity index (χ0) is 20.5. The molecule has 1 aromatic carbocycles. The maximum absolute atomic E-state index is 14.3. The third-order valence-corrected chi connectivity index (χ3v) is 5.25. The molecule has 2 amide bonds. The number of halogens is 1.